The van der Waals surface area contributed by atoms with E-state index in [1.165, 1.54) is 11.6 Å². The van der Waals surface area contributed by atoms with E-state index in [-0.39, 0.29) is 56.6 Å². The van der Waals surface area contributed by atoms with Crippen molar-refractivity contribution in [3.8, 4) is 11.8 Å². The summed E-state index contributed by atoms with van der Waals surface area (Å²) in [4.78, 5) is 24.7. The average Bonchev–Trinajstić information content (AvgIpc) is 3.29. The number of hydrogen-bond acceptors (Lipinski definition) is 10. The summed E-state index contributed by atoms with van der Waals surface area (Å²) in [7, 11) is -4.05. The molecule has 0 unspecified atom stereocenters. The van der Waals surface area contributed by atoms with Gasteiger partial charge in [0.15, 0.2) is 5.82 Å². The fourth-order valence-electron chi connectivity index (χ4n) is 4.40. The lowest BCUT2D eigenvalue weighted by atomic mass is 9.90. The molecule has 0 aliphatic carbocycles. The molecule has 0 fully saturated rings. The second-order valence-corrected chi connectivity index (χ2v) is 13.4. The van der Waals surface area contributed by atoms with Gasteiger partial charge in [0.05, 0.1) is 32.1 Å². The summed E-state index contributed by atoms with van der Waals surface area (Å²) in [6.45, 7) is 9.84. The van der Waals surface area contributed by atoms with E-state index >= 15 is 0 Å². The minimum atomic E-state index is -4.05. The molecule has 1 heterocycles. The second kappa shape index (κ2) is 14.3. The van der Waals surface area contributed by atoms with Gasteiger partial charge in [-0.2, -0.15) is 18.8 Å². The number of nitro benzene ring substituents is 1. The third-order valence-electron chi connectivity index (χ3n) is 6.48. The number of nitro groups is 1. The minimum Gasteiger partial charge on any atom is -0.372 e. The number of nitrogens with zero attached hydrogens (tertiary/aromatic N) is 7. The van der Waals surface area contributed by atoms with Gasteiger partial charge in [0, 0.05) is 43.2 Å². The van der Waals surface area contributed by atoms with Crippen LogP contribution in [-0.2, 0) is 20.3 Å². The summed E-state index contributed by atoms with van der Waals surface area (Å²) >= 11 is 12.9. The number of amides is 1. The van der Waals surface area contributed by atoms with E-state index in [9.17, 15) is 28.6 Å². The van der Waals surface area contributed by atoms with E-state index in [2.05, 4.69) is 26.7 Å². The molecule has 2 N–H and O–H groups in total. The second-order valence-electron chi connectivity index (χ2n) is 11.0. The van der Waals surface area contributed by atoms with Gasteiger partial charge in [-0.3, -0.25) is 19.5 Å². The summed E-state index contributed by atoms with van der Waals surface area (Å²) in [6.07, 6.45) is 0.768. The molecule has 2 aromatic carbocycles. The van der Waals surface area contributed by atoms with Crippen LogP contribution in [0.5, 0.6) is 0 Å². The molecule has 45 heavy (non-hydrogen) atoms. The third kappa shape index (κ3) is 8.98. The van der Waals surface area contributed by atoms with Crippen LogP contribution in [0.2, 0.25) is 10.0 Å². The van der Waals surface area contributed by atoms with Gasteiger partial charge in [-0.25, -0.2) is 4.68 Å². The highest BCUT2D eigenvalue weighted by Crippen LogP contribution is 2.40. The first-order valence-corrected chi connectivity index (χ1v) is 16.0. The highest BCUT2D eigenvalue weighted by atomic mass is 35.5. The van der Waals surface area contributed by atoms with Gasteiger partial charge in [-0.1, -0.05) is 44.0 Å². The van der Waals surface area contributed by atoms with Gasteiger partial charge >= 0.3 is 0 Å². The number of carbonyl (C=O) groups is 1. The zero-order chi connectivity index (χ0) is 33.7. The van der Waals surface area contributed by atoms with Crippen molar-refractivity contribution in [1.82, 2.24) is 9.78 Å². The van der Waals surface area contributed by atoms with Crippen molar-refractivity contribution in [2.45, 2.75) is 52.9 Å². The number of non-ortho nitro benzene ring substituents is 1. The van der Waals surface area contributed by atoms with Crippen molar-refractivity contribution in [2.24, 2.45) is 10.2 Å². The molecule has 0 aliphatic rings. The highest BCUT2D eigenvalue weighted by Gasteiger charge is 2.30. The van der Waals surface area contributed by atoms with E-state index < -0.39 is 20.5 Å². The number of benzene rings is 2. The summed E-state index contributed by atoms with van der Waals surface area (Å²) in [5.74, 6) is -0.746. The molecule has 0 aliphatic heterocycles. The van der Waals surface area contributed by atoms with E-state index in [0.717, 1.165) is 12.1 Å². The molecule has 0 saturated carbocycles. The molecule has 0 saturated heterocycles. The molecular formula is C28H32Cl2N8O6S. The maximum absolute atomic E-state index is 12.1. The molecule has 17 heteroatoms. The molecule has 1 aromatic heterocycles. The number of azo groups is 1. The van der Waals surface area contributed by atoms with Gasteiger partial charge in [0.1, 0.15) is 23.0 Å². The number of aromatic nitrogens is 2. The van der Waals surface area contributed by atoms with E-state index in [0.29, 0.717) is 36.6 Å². The molecule has 3 rings (SSSR count). The normalized spacial score (nSPS) is 11.9. The van der Waals surface area contributed by atoms with Gasteiger partial charge < -0.3 is 10.2 Å². The zero-order valence-corrected chi connectivity index (χ0v) is 27.5. The topological polar surface area (TPSA) is 196 Å². The average molecular weight is 680 g/mol. The van der Waals surface area contributed by atoms with Crippen LogP contribution in [0, 0.1) is 21.4 Å². The fourth-order valence-corrected chi connectivity index (χ4v) is 5.61. The number of rotatable bonds is 12. The standard InChI is InChI=1S/C28H32Cl2N8O6S/c1-6-36(11-7-8-12-45(42,43)44)18-9-10-23(24(15-18)32-17(2)39)33-34-27-20(16-31)26(28(3,4)5)35-37(27)25-21(29)13-19(38(40)41)14-22(25)30/h9-10,13-15H,6-8,11-12H2,1-5H3,(H,32,39)(H,42,43,44). The lowest BCUT2D eigenvalue weighted by Crippen LogP contribution is -2.24. The molecule has 0 radical (unpaired) electrons. The summed E-state index contributed by atoms with van der Waals surface area (Å²) in [5.41, 5.74) is 0.808. The highest BCUT2D eigenvalue weighted by molar-refractivity contribution is 7.85. The molecule has 0 spiro atoms. The predicted octanol–water partition coefficient (Wildman–Crippen LogP) is 7.12. The SMILES string of the molecule is CCN(CCCCS(=O)(=O)O)c1ccc(N=Nc2c(C#N)c(C(C)(C)C)nn2-c2c(Cl)cc([N+](=O)[O-])cc2Cl)c(NC(C)=O)c1. The predicted molar refractivity (Wildman–Crippen MR) is 172 cm³/mol. The van der Waals surface area contributed by atoms with Crippen LogP contribution in [-0.4, -0.2) is 52.4 Å². The molecule has 14 nitrogen and oxygen atoms in total. The first-order valence-electron chi connectivity index (χ1n) is 13.7. The van der Waals surface area contributed by atoms with E-state index in [1.54, 1.807) is 18.2 Å². The Morgan fingerprint density at radius 1 is 1.20 bits per heavy atom. The van der Waals surface area contributed by atoms with Crippen LogP contribution in [0.1, 0.15) is 58.7 Å². The number of nitrogens with one attached hydrogen (secondary N) is 1. The Kier molecular flexibility index (Phi) is 11.3. The third-order valence-corrected chi connectivity index (χ3v) is 7.86. The monoisotopic (exact) mass is 678 g/mol. The number of unbranched alkanes of at least 4 members (excludes halogenated alkanes) is 1. The number of anilines is 2. The zero-order valence-electron chi connectivity index (χ0n) is 25.2. The summed E-state index contributed by atoms with van der Waals surface area (Å²) in [5, 5.41) is 37.3. The van der Waals surface area contributed by atoms with Crippen molar-refractivity contribution in [3.05, 3.63) is 61.7 Å². The maximum atomic E-state index is 12.1. The summed E-state index contributed by atoms with van der Waals surface area (Å²) < 4.78 is 32.3. The number of halogens is 2. The van der Waals surface area contributed by atoms with Crippen LogP contribution in [0.25, 0.3) is 5.69 Å². The number of nitriles is 1. The fraction of sp³-hybridized carbons (Fsp3) is 0.393. The summed E-state index contributed by atoms with van der Waals surface area (Å²) in [6, 6.07) is 9.40. The Bertz CT molecular complexity index is 1770. The number of hydrogen-bond donors (Lipinski definition) is 2. The molecule has 0 bridgehead atoms. The smallest absolute Gasteiger partial charge is 0.272 e. The molecule has 3 aromatic rings. The van der Waals surface area contributed by atoms with Crippen molar-refractivity contribution in [1.29, 1.82) is 5.26 Å². The lowest BCUT2D eigenvalue weighted by Gasteiger charge is -2.24. The van der Waals surface area contributed by atoms with Crippen molar-refractivity contribution < 1.29 is 22.7 Å². The first-order chi connectivity index (χ1) is 21.0. The van der Waals surface area contributed by atoms with Gasteiger partial charge in [-0.05, 0) is 38.0 Å². The Morgan fingerprint density at radius 2 is 1.84 bits per heavy atom. The van der Waals surface area contributed by atoms with Crippen LogP contribution in [0.15, 0.2) is 40.6 Å². The largest absolute Gasteiger partial charge is 0.372 e. The van der Waals surface area contributed by atoms with Gasteiger partial charge in [-0.15, -0.1) is 10.2 Å². The Hall–Kier alpha value is -4.10. The Labute approximate surface area is 270 Å². The Balaban J connectivity index is 2.13. The quantitative estimate of drug-likeness (QED) is 0.0658. The van der Waals surface area contributed by atoms with Gasteiger partial charge in [0.25, 0.3) is 15.8 Å². The van der Waals surface area contributed by atoms with Gasteiger partial charge in [0.2, 0.25) is 5.91 Å². The lowest BCUT2D eigenvalue weighted by molar-refractivity contribution is -0.384. The van der Waals surface area contributed by atoms with Crippen LogP contribution in [0.3, 0.4) is 0 Å². The molecule has 0 atom stereocenters. The van der Waals surface area contributed by atoms with Crippen LogP contribution in [0.4, 0.5) is 28.6 Å². The van der Waals surface area contributed by atoms with E-state index in [1.807, 2.05) is 32.6 Å². The van der Waals surface area contributed by atoms with Crippen molar-refractivity contribution in [2.75, 3.05) is 29.1 Å². The first kappa shape index (κ1) is 35.4. The van der Waals surface area contributed by atoms with Crippen LogP contribution < -0.4 is 10.2 Å². The van der Waals surface area contributed by atoms with Crippen molar-refractivity contribution >= 4 is 67.8 Å². The maximum Gasteiger partial charge on any atom is 0.272 e. The molecule has 1 amide bonds. The number of carbonyl (C=O) groups excluding carboxylic acids is 1. The minimum absolute atomic E-state index is 0.0352. The molecule has 240 valence electrons. The van der Waals surface area contributed by atoms with Crippen LogP contribution >= 0.6 is 23.2 Å². The van der Waals surface area contributed by atoms with Crippen molar-refractivity contribution in [3.63, 3.8) is 0 Å². The Morgan fingerprint density at radius 3 is 2.36 bits per heavy atom. The molecular weight excluding hydrogens is 647 g/mol. The van der Waals surface area contributed by atoms with E-state index in [4.69, 9.17) is 27.8 Å².